The van der Waals surface area contributed by atoms with E-state index < -0.39 is 0 Å². The second-order valence-electron chi connectivity index (χ2n) is 6.65. The number of hydrogen-bond donors (Lipinski definition) is 1. The predicted octanol–water partition coefficient (Wildman–Crippen LogP) is 4.11. The minimum absolute atomic E-state index is 0.457. The Morgan fingerprint density at radius 3 is 2.86 bits per heavy atom. The third-order valence-corrected chi connectivity index (χ3v) is 4.38. The molecule has 0 spiro atoms. The van der Waals surface area contributed by atoms with Crippen LogP contribution in [-0.2, 0) is 11.2 Å². The molecule has 2 heteroatoms. The number of hydrogen-bond acceptors (Lipinski definition) is 2. The minimum atomic E-state index is 0.457. The van der Waals surface area contributed by atoms with Crippen molar-refractivity contribution < 1.29 is 4.74 Å². The van der Waals surface area contributed by atoms with E-state index in [1.54, 1.807) is 0 Å². The van der Waals surface area contributed by atoms with Crippen LogP contribution in [0.1, 0.15) is 50.7 Å². The molecule has 1 heterocycles. The Morgan fingerprint density at radius 1 is 1.33 bits per heavy atom. The van der Waals surface area contributed by atoms with Crippen LogP contribution in [-0.4, -0.2) is 25.3 Å². The molecule has 3 atom stereocenters. The van der Waals surface area contributed by atoms with Crippen LogP contribution in [0.4, 0.5) is 0 Å². The molecule has 1 aliphatic heterocycles. The second kappa shape index (κ2) is 8.55. The molecule has 1 saturated heterocycles. The summed E-state index contributed by atoms with van der Waals surface area (Å²) in [5, 5.41) is 3.60. The van der Waals surface area contributed by atoms with Crippen LogP contribution in [0.25, 0.3) is 0 Å². The third-order valence-electron chi connectivity index (χ3n) is 4.38. The van der Waals surface area contributed by atoms with E-state index in [1.807, 2.05) is 0 Å². The van der Waals surface area contributed by atoms with E-state index in [0.717, 1.165) is 19.5 Å². The molecule has 1 fully saturated rings. The average molecular weight is 289 g/mol. The highest BCUT2D eigenvalue weighted by Crippen LogP contribution is 2.26. The van der Waals surface area contributed by atoms with E-state index in [9.17, 15) is 0 Å². The molecular weight excluding hydrogens is 258 g/mol. The smallest absolute Gasteiger partial charge is 0.0583 e. The minimum Gasteiger partial charge on any atom is -0.375 e. The summed E-state index contributed by atoms with van der Waals surface area (Å²) in [6.45, 7) is 8.83. The number of benzene rings is 1. The SMILES string of the molecule is CCCNCC(Cc1cccc(C)c1)CC1CCC(C)O1. The lowest BCUT2D eigenvalue weighted by Gasteiger charge is -2.21. The monoisotopic (exact) mass is 289 g/mol. The Morgan fingerprint density at radius 2 is 2.19 bits per heavy atom. The maximum atomic E-state index is 6.03. The Labute approximate surface area is 130 Å². The molecule has 0 aliphatic carbocycles. The number of nitrogens with one attached hydrogen (secondary N) is 1. The Hall–Kier alpha value is -0.860. The summed E-state index contributed by atoms with van der Waals surface area (Å²) in [7, 11) is 0. The summed E-state index contributed by atoms with van der Waals surface area (Å²) >= 11 is 0. The average Bonchev–Trinajstić information content (AvgIpc) is 2.84. The van der Waals surface area contributed by atoms with Crippen molar-refractivity contribution in [3.05, 3.63) is 35.4 Å². The zero-order valence-corrected chi connectivity index (χ0v) is 13.9. The van der Waals surface area contributed by atoms with Crippen molar-refractivity contribution in [2.75, 3.05) is 13.1 Å². The molecule has 118 valence electrons. The summed E-state index contributed by atoms with van der Waals surface area (Å²) < 4.78 is 6.03. The van der Waals surface area contributed by atoms with Crippen molar-refractivity contribution >= 4 is 0 Å². The molecule has 2 nitrogen and oxygen atoms in total. The predicted molar refractivity (Wildman–Crippen MR) is 89.7 cm³/mol. The molecule has 1 aromatic rings. The lowest BCUT2D eigenvalue weighted by Crippen LogP contribution is -2.28. The van der Waals surface area contributed by atoms with Gasteiger partial charge in [0, 0.05) is 0 Å². The first-order chi connectivity index (χ1) is 10.2. The van der Waals surface area contributed by atoms with Crippen LogP contribution in [0.5, 0.6) is 0 Å². The van der Waals surface area contributed by atoms with Crippen LogP contribution in [0.3, 0.4) is 0 Å². The number of rotatable bonds is 8. The number of aryl methyl sites for hydroxylation is 1. The van der Waals surface area contributed by atoms with Crippen LogP contribution in [0.15, 0.2) is 24.3 Å². The van der Waals surface area contributed by atoms with Crippen molar-refractivity contribution in [1.29, 1.82) is 0 Å². The lowest BCUT2D eigenvalue weighted by atomic mass is 9.92. The van der Waals surface area contributed by atoms with Gasteiger partial charge >= 0.3 is 0 Å². The quantitative estimate of drug-likeness (QED) is 0.727. The first-order valence-electron chi connectivity index (χ1n) is 8.59. The molecule has 0 bridgehead atoms. The molecule has 21 heavy (non-hydrogen) atoms. The molecule has 2 rings (SSSR count). The zero-order valence-electron chi connectivity index (χ0n) is 13.9. The van der Waals surface area contributed by atoms with Gasteiger partial charge in [0.15, 0.2) is 0 Å². The molecule has 1 N–H and O–H groups in total. The zero-order chi connectivity index (χ0) is 15.1. The standard InChI is InChI=1S/C19H31NO/c1-4-10-20-14-18(13-19-9-8-16(3)21-19)12-17-7-5-6-15(2)11-17/h5-7,11,16,18-20H,4,8-10,12-14H2,1-3H3. The van der Waals surface area contributed by atoms with E-state index in [2.05, 4.69) is 50.4 Å². The Bertz CT molecular complexity index is 418. The van der Waals surface area contributed by atoms with Crippen molar-refractivity contribution in [3.63, 3.8) is 0 Å². The van der Waals surface area contributed by atoms with E-state index in [4.69, 9.17) is 4.74 Å². The van der Waals surface area contributed by atoms with Crippen LogP contribution in [0.2, 0.25) is 0 Å². The molecule has 3 unspecified atom stereocenters. The van der Waals surface area contributed by atoms with Crippen molar-refractivity contribution in [3.8, 4) is 0 Å². The second-order valence-corrected chi connectivity index (χ2v) is 6.65. The normalized spacial score (nSPS) is 23.4. The largest absolute Gasteiger partial charge is 0.375 e. The fourth-order valence-corrected chi connectivity index (χ4v) is 3.32. The van der Waals surface area contributed by atoms with Crippen LogP contribution >= 0.6 is 0 Å². The van der Waals surface area contributed by atoms with Crippen molar-refractivity contribution in [2.45, 2.75) is 65.1 Å². The van der Waals surface area contributed by atoms with Gasteiger partial charge in [0.1, 0.15) is 0 Å². The summed E-state index contributed by atoms with van der Waals surface area (Å²) in [6, 6.07) is 8.94. The van der Waals surface area contributed by atoms with Gasteiger partial charge < -0.3 is 10.1 Å². The topological polar surface area (TPSA) is 21.3 Å². The summed E-state index contributed by atoms with van der Waals surface area (Å²) in [6.07, 6.45) is 6.94. The van der Waals surface area contributed by atoms with Gasteiger partial charge in [-0.3, -0.25) is 0 Å². The molecule has 1 aromatic carbocycles. The molecule has 0 aromatic heterocycles. The molecule has 0 saturated carbocycles. The van der Waals surface area contributed by atoms with Gasteiger partial charge in [-0.15, -0.1) is 0 Å². The van der Waals surface area contributed by atoms with Gasteiger partial charge in [-0.05, 0) is 70.5 Å². The van der Waals surface area contributed by atoms with E-state index >= 15 is 0 Å². The molecule has 0 radical (unpaired) electrons. The van der Waals surface area contributed by atoms with Gasteiger partial charge in [0.2, 0.25) is 0 Å². The van der Waals surface area contributed by atoms with Gasteiger partial charge in [-0.1, -0.05) is 36.8 Å². The molecular formula is C19H31NO. The van der Waals surface area contributed by atoms with Crippen LogP contribution < -0.4 is 5.32 Å². The van der Waals surface area contributed by atoms with Gasteiger partial charge in [0.05, 0.1) is 12.2 Å². The van der Waals surface area contributed by atoms with Crippen molar-refractivity contribution in [1.82, 2.24) is 5.32 Å². The Balaban J connectivity index is 1.91. The fraction of sp³-hybridized carbons (Fsp3) is 0.684. The van der Waals surface area contributed by atoms with Gasteiger partial charge in [0.25, 0.3) is 0 Å². The highest BCUT2D eigenvalue weighted by Gasteiger charge is 2.25. The van der Waals surface area contributed by atoms with Gasteiger partial charge in [-0.25, -0.2) is 0 Å². The van der Waals surface area contributed by atoms with E-state index in [1.165, 1.54) is 36.8 Å². The highest BCUT2D eigenvalue weighted by atomic mass is 16.5. The Kier molecular flexibility index (Phi) is 6.72. The maximum Gasteiger partial charge on any atom is 0.0583 e. The molecule has 0 amide bonds. The van der Waals surface area contributed by atoms with Crippen molar-refractivity contribution in [2.24, 2.45) is 5.92 Å². The molecule has 1 aliphatic rings. The van der Waals surface area contributed by atoms with Gasteiger partial charge in [-0.2, -0.15) is 0 Å². The fourth-order valence-electron chi connectivity index (χ4n) is 3.32. The summed E-state index contributed by atoms with van der Waals surface area (Å²) in [5.41, 5.74) is 2.82. The first kappa shape index (κ1) is 16.5. The first-order valence-corrected chi connectivity index (χ1v) is 8.59. The van der Waals surface area contributed by atoms with E-state index in [-0.39, 0.29) is 0 Å². The maximum absolute atomic E-state index is 6.03. The third kappa shape index (κ3) is 5.80. The summed E-state index contributed by atoms with van der Waals surface area (Å²) in [5.74, 6) is 0.675. The lowest BCUT2D eigenvalue weighted by molar-refractivity contribution is 0.0408. The van der Waals surface area contributed by atoms with Crippen LogP contribution in [0, 0.1) is 12.8 Å². The summed E-state index contributed by atoms with van der Waals surface area (Å²) in [4.78, 5) is 0. The number of ether oxygens (including phenoxy) is 1. The van der Waals surface area contributed by atoms with E-state index in [0.29, 0.717) is 18.1 Å². The highest BCUT2D eigenvalue weighted by molar-refractivity contribution is 5.22.